The van der Waals surface area contributed by atoms with E-state index in [2.05, 4.69) is 10.1 Å². The lowest BCUT2D eigenvalue weighted by atomic mass is 10.1. The molecule has 0 fully saturated rings. The van der Waals surface area contributed by atoms with Crippen molar-refractivity contribution in [3.63, 3.8) is 0 Å². The van der Waals surface area contributed by atoms with Crippen molar-refractivity contribution >= 4 is 5.69 Å². The summed E-state index contributed by atoms with van der Waals surface area (Å²) < 4.78 is 73.4. The molecule has 0 aliphatic rings. The van der Waals surface area contributed by atoms with E-state index in [4.69, 9.17) is 10.00 Å². The van der Waals surface area contributed by atoms with E-state index < -0.39 is 23.9 Å². The largest absolute Gasteiger partial charge is 0.490 e. The fourth-order valence-corrected chi connectivity index (χ4v) is 2.31. The van der Waals surface area contributed by atoms with Gasteiger partial charge in [0, 0.05) is 12.2 Å². The van der Waals surface area contributed by atoms with Gasteiger partial charge in [-0.1, -0.05) is 6.07 Å². The summed E-state index contributed by atoms with van der Waals surface area (Å²) in [4.78, 5) is 0. The topological polar surface area (TPSA) is 54.3 Å². The van der Waals surface area contributed by atoms with Gasteiger partial charge in [-0.05, 0) is 42.8 Å². The monoisotopic (exact) mass is 386 g/mol. The highest BCUT2D eigenvalue weighted by atomic mass is 19.4. The summed E-state index contributed by atoms with van der Waals surface area (Å²) >= 11 is 0. The van der Waals surface area contributed by atoms with Gasteiger partial charge in [-0.3, -0.25) is 0 Å². The number of nitriles is 1. The van der Waals surface area contributed by atoms with Gasteiger partial charge in [0.15, 0.2) is 11.5 Å². The van der Waals surface area contributed by atoms with E-state index in [-0.39, 0.29) is 30.3 Å². The van der Waals surface area contributed by atoms with Crippen LogP contribution in [0.5, 0.6) is 11.5 Å². The van der Waals surface area contributed by atoms with Crippen molar-refractivity contribution in [2.75, 3.05) is 11.9 Å². The molecule has 0 heterocycles. The summed E-state index contributed by atoms with van der Waals surface area (Å²) in [6, 6.07) is 9.03. The molecule has 0 amide bonds. The van der Waals surface area contributed by atoms with Crippen LogP contribution < -0.4 is 14.8 Å². The molecule has 0 aliphatic heterocycles. The summed E-state index contributed by atoms with van der Waals surface area (Å²) in [5, 5.41) is 11.6. The molecule has 0 atom stereocenters. The molecule has 144 valence electrons. The molecule has 0 aliphatic carbocycles. The number of nitrogens with zero attached hydrogens (tertiary/aromatic N) is 1. The second kappa shape index (κ2) is 8.58. The first-order valence-electron chi connectivity index (χ1n) is 7.80. The third-order valence-electron chi connectivity index (χ3n) is 3.47. The number of anilines is 1. The SMILES string of the molecule is CCOc1cc(CNc2ccc(C#N)c(C(F)(F)F)c2)ccc1OC(F)F. The maximum atomic E-state index is 13.0. The van der Waals surface area contributed by atoms with Crippen molar-refractivity contribution in [2.45, 2.75) is 26.3 Å². The van der Waals surface area contributed by atoms with Crippen LogP contribution in [0.2, 0.25) is 0 Å². The molecule has 2 aromatic rings. The van der Waals surface area contributed by atoms with Crippen molar-refractivity contribution in [3.05, 3.63) is 53.1 Å². The third kappa shape index (κ3) is 5.48. The number of hydrogen-bond acceptors (Lipinski definition) is 4. The van der Waals surface area contributed by atoms with Gasteiger partial charge in [0.1, 0.15) is 0 Å². The number of nitrogens with one attached hydrogen (secondary N) is 1. The second-order valence-electron chi connectivity index (χ2n) is 5.32. The number of rotatable bonds is 7. The highest BCUT2D eigenvalue weighted by molar-refractivity contribution is 5.53. The van der Waals surface area contributed by atoms with E-state index in [0.29, 0.717) is 5.56 Å². The standard InChI is InChI=1S/C18H15F5N2O2/c1-2-26-16-7-11(3-6-15(16)27-17(19)20)10-25-13-5-4-12(9-24)14(8-13)18(21,22)23/h3-8,17,25H,2,10H2,1H3. The highest BCUT2D eigenvalue weighted by Gasteiger charge is 2.33. The van der Waals surface area contributed by atoms with E-state index in [1.165, 1.54) is 30.3 Å². The summed E-state index contributed by atoms with van der Waals surface area (Å²) in [7, 11) is 0. The van der Waals surface area contributed by atoms with Gasteiger partial charge in [0.2, 0.25) is 0 Å². The second-order valence-corrected chi connectivity index (χ2v) is 5.32. The van der Waals surface area contributed by atoms with E-state index in [0.717, 1.165) is 12.1 Å². The molecule has 0 unspecified atom stereocenters. The fraction of sp³-hybridized carbons (Fsp3) is 0.278. The van der Waals surface area contributed by atoms with Crippen LogP contribution in [0.4, 0.5) is 27.6 Å². The average Bonchev–Trinajstić information content (AvgIpc) is 2.60. The first-order valence-corrected chi connectivity index (χ1v) is 7.80. The predicted octanol–water partition coefficient (Wildman–Crippen LogP) is 5.19. The molecule has 27 heavy (non-hydrogen) atoms. The van der Waals surface area contributed by atoms with Gasteiger partial charge in [0.25, 0.3) is 0 Å². The molecule has 0 radical (unpaired) electrons. The molecular formula is C18H15F5N2O2. The van der Waals surface area contributed by atoms with E-state index in [9.17, 15) is 22.0 Å². The average molecular weight is 386 g/mol. The summed E-state index contributed by atoms with van der Waals surface area (Å²) in [5.74, 6) is -0.0266. The number of ether oxygens (including phenoxy) is 2. The quantitative estimate of drug-likeness (QED) is 0.666. The van der Waals surface area contributed by atoms with Crippen molar-refractivity contribution in [1.82, 2.24) is 0 Å². The Labute approximate surface area is 152 Å². The number of halogens is 5. The van der Waals surface area contributed by atoms with Crippen LogP contribution >= 0.6 is 0 Å². The van der Waals surface area contributed by atoms with E-state index in [1.807, 2.05) is 0 Å². The Morgan fingerprint density at radius 1 is 1.11 bits per heavy atom. The lowest BCUT2D eigenvalue weighted by molar-refractivity contribution is -0.137. The maximum Gasteiger partial charge on any atom is 0.417 e. The van der Waals surface area contributed by atoms with Crippen LogP contribution in [0.3, 0.4) is 0 Å². The fourth-order valence-electron chi connectivity index (χ4n) is 2.31. The molecule has 0 aromatic heterocycles. The molecule has 4 nitrogen and oxygen atoms in total. The molecule has 0 saturated heterocycles. The van der Waals surface area contributed by atoms with Crippen LogP contribution in [-0.2, 0) is 12.7 Å². The van der Waals surface area contributed by atoms with Gasteiger partial charge in [-0.25, -0.2) is 0 Å². The smallest absolute Gasteiger partial charge is 0.417 e. The third-order valence-corrected chi connectivity index (χ3v) is 3.47. The zero-order chi connectivity index (χ0) is 20.0. The summed E-state index contributed by atoms with van der Waals surface area (Å²) in [5.41, 5.74) is -0.768. The van der Waals surface area contributed by atoms with Gasteiger partial charge in [-0.15, -0.1) is 0 Å². The van der Waals surface area contributed by atoms with Gasteiger partial charge in [0.05, 0.1) is 23.8 Å². The lowest BCUT2D eigenvalue weighted by Gasteiger charge is -2.14. The Balaban J connectivity index is 2.19. The minimum Gasteiger partial charge on any atom is -0.490 e. The van der Waals surface area contributed by atoms with Crippen molar-refractivity contribution in [2.24, 2.45) is 0 Å². The van der Waals surface area contributed by atoms with Crippen molar-refractivity contribution in [3.8, 4) is 17.6 Å². The number of hydrogen-bond donors (Lipinski definition) is 1. The van der Waals surface area contributed by atoms with Gasteiger partial charge in [-0.2, -0.15) is 27.2 Å². The summed E-state index contributed by atoms with van der Waals surface area (Å²) in [6.45, 7) is -1.00. The minimum absolute atomic E-state index is 0.105. The Morgan fingerprint density at radius 2 is 1.85 bits per heavy atom. The molecule has 0 saturated carbocycles. The molecular weight excluding hydrogens is 371 g/mol. The van der Waals surface area contributed by atoms with E-state index in [1.54, 1.807) is 6.92 Å². The number of alkyl halides is 5. The molecule has 2 aromatic carbocycles. The molecule has 1 N–H and O–H groups in total. The van der Waals surface area contributed by atoms with Crippen LogP contribution in [-0.4, -0.2) is 13.2 Å². The Morgan fingerprint density at radius 3 is 2.44 bits per heavy atom. The summed E-state index contributed by atoms with van der Waals surface area (Å²) in [6.07, 6.45) is -4.65. The molecule has 0 bridgehead atoms. The van der Waals surface area contributed by atoms with Crippen molar-refractivity contribution in [1.29, 1.82) is 5.26 Å². The zero-order valence-corrected chi connectivity index (χ0v) is 14.1. The van der Waals surface area contributed by atoms with E-state index >= 15 is 0 Å². The predicted molar refractivity (Wildman–Crippen MR) is 87.7 cm³/mol. The molecule has 0 spiro atoms. The zero-order valence-electron chi connectivity index (χ0n) is 14.1. The van der Waals surface area contributed by atoms with Crippen LogP contribution in [0.15, 0.2) is 36.4 Å². The lowest BCUT2D eigenvalue weighted by Crippen LogP contribution is -2.09. The maximum absolute atomic E-state index is 13.0. The van der Waals surface area contributed by atoms with Crippen LogP contribution in [0.1, 0.15) is 23.6 Å². The normalized spacial score (nSPS) is 11.2. The first kappa shape index (κ1) is 20.3. The molecule has 9 heteroatoms. The first-order chi connectivity index (χ1) is 12.7. The van der Waals surface area contributed by atoms with Crippen LogP contribution in [0.25, 0.3) is 0 Å². The minimum atomic E-state index is -4.65. The Kier molecular flexibility index (Phi) is 6.45. The molecule has 2 rings (SSSR count). The highest BCUT2D eigenvalue weighted by Crippen LogP contribution is 2.34. The Hall–Kier alpha value is -3.02. The number of benzene rings is 2. The van der Waals surface area contributed by atoms with Crippen molar-refractivity contribution < 1.29 is 31.4 Å². The van der Waals surface area contributed by atoms with Gasteiger partial charge >= 0.3 is 12.8 Å². The van der Waals surface area contributed by atoms with Gasteiger partial charge < -0.3 is 14.8 Å². The van der Waals surface area contributed by atoms with Crippen LogP contribution in [0, 0.1) is 11.3 Å². The Bertz CT molecular complexity index is 831.